The highest BCUT2D eigenvalue weighted by Crippen LogP contribution is 2.45. The maximum atomic E-state index is 12.7. The van der Waals surface area contributed by atoms with Gasteiger partial charge in [0.05, 0.1) is 18.8 Å². The van der Waals surface area contributed by atoms with Crippen molar-refractivity contribution in [3.05, 3.63) is 24.3 Å². The van der Waals surface area contributed by atoms with Crippen molar-refractivity contribution in [3.63, 3.8) is 0 Å². The SMILES string of the molecule is CO[C@@H]1CN(C(=O)OC(C)(C)C)C[C@H]1Oc1cccc(NS(=O)(=O)N2CC3CC3C2)c1. The molecule has 2 heterocycles. The first-order chi connectivity index (χ1) is 14.5. The lowest BCUT2D eigenvalue weighted by Gasteiger charge is -2.24. The second kappa shape index (κ2) is 8.14. The summed E-state index contributed by atoms with van der Waals surface area (Å²) in [6.07, 6.45) is 0.0163. The van der Waals surface area contributed by atoms with Gasteiger partial charge in [-0.1, -0.05) is 6.07 Å². The molecule has 3 aliphatic rings. The first-order valence-corrected chi connectivity index (χ1v) is 12.0. The Morgan fingerprint density at radius 2 is 1.77 bits per heavy atom. The number of hydrogen-bond acceptors (Lipinski definition) is 6. The Hall–Kier alpha value is -2.04. The van der Waals surface area contributed by atoms with Crippen LogP contribution in [0, 0.1) is 11.8 Å². The summed E-state index contributed by atoms with van der Waals surface area (Å²) in [6, 6.07) is 6.83. The molecule has 1 saturated carbocycles. The van der Waals surface area contributed by atoms with E-state index in [9.17, 15) is 13.2 Å². The standard InChI is InChI=1S/C21H31N3O6S/c1-21(2,3)30-20(25)23-12-18(28-4)19(13-23)29-17-7-5-6-16(9-17)22-31(26,27)24-10-14-8-15(14)11-24/h5-7,9,14-15,18-19,22H,8,10-13H2,1-4H3/t14?,15?,18-,19-/m1/s1. The van der Waals surface area contributed by atoms with E-state index in [-0.39, 0.29) is 6.10 Å². The zero-order valence-corrected chi connectivity index (χ0v) is 19.2. The molecule has 0 radical (unpaired) electrons. The van der Waals surface area contributed by atoms with Gasteiger partial charge in [-0.3, -0.25) is 4.72 Å². The van der Waals surface area contributed by atoms with Gasteiger partial charge in [-0.2, -0.15) is 12.7 Å². The number of amides is 1. The molecule has 1 N–H and O–H groups in total. The number of ether oxygens (including phenoxy) is 3. The van der Waals surface area contributed by atoms with Crippen LogP contribution < -0.4 is 9.46 Å². The Morgan fingerprint density at radius 3 is 2.42 bits per heavy atom. The van der Waals surface area contributed by atoms with Crippen LogP contribution in [0.25, 0.3) is 0 Å². The number of carbonyl (C=O) groups is 1. The molecular formula is C21H31N3O6S. The van der Waals surface area contributed by atoms with E-state index in [1.807, 2.05) is 20.8 Å². The van der Waals surface area contributed by atoms with Crippen molar-refractivity contribution < 1.29 is 27.4 Å². The number of anilines is 1. The number of nitrogens with zero attached hydrogens (tertiary/aromatic N) is 2. The van der Waals surface area contributed by atoms with Crippen LogP contribution in [0.4, 0.5) is 10.5 Å². The van der Waals surface area contributed by atoms with Gasteiger partial charge in [0.2, 0.25) is 0 Å². The number of fused-ring (bicyclic) bond motifs is 1. The third-order valence-corrected chi connectivity index (χ3v) is 7.29. The van der Waals surface area contributed by atoms with Crippen molar-refractivity contribution in [2.24, 2.45) is 11.8 Å². The molecule has 2 saturated heterocycles. The number of piperidine rings is 1. The Balaban J connectivity index is 1.39. The van der Waals surface area contributed by atoms with Crippen molar-refractivity contribution in [2.75, 3.05) is 38.0 Å². The molecule has 1 amide bonds. The lowest BCUT2D eigenvalue weighted by Crippen LogP contribution is -2.36. The second-order valence-electron chi connectivity index (χ2n) is 9.52. The van der Waals surface area contributed by atoms with Crippen LogP contribution in [0.1, 0.15) is 27.2 Å². The average Bonchev–Trinajstić information content (AvgIpc) is 3.08. The molecule has 4 rings (SSSR count). The highest BCUT2D eigenvalue weighted by molar-refractivity contribution is 7.90. The number of methoxy groups -OCH3 is 1. The molecule has 172 valence electrons. The lowest BCUT2D eigenvalue weighted by atomic mass is 10.2. The van der Waals surface area contributed by atoms with E-state index in [2.05, 4.69) is 4.72 Å². The normalized spacial score (nSPS) is 28.3. The third kappa shape index (κ3) is 5.24. The molecule has 2 unspecified atom stereocenters. The molecule has 0 bridgehead atoms. The van der Waals surface area contributed by atoms with Crippen molar-refractivity contribution in [1.82, 2.24) is 9.21 Å². The van der Waals surface area contributed by atoms with Gasteiger partial charge in [-0.15, -0.1) is 0 Å². The van der Waals surface area contributed by atoms with Crippen LogP contribution >= 0.6 is 0 Å². The quantitative estimate of drug-likeness (QED) is 0.710. The smallest absolute Gasteiger partial charge is 0.410 e. The van der Waals surface area contributed by atoms with Crippen molar-refractivity contribution in [2.45, 2.75) is 45.0 Å². The Morgan fingerprint density at radius 1 is 1.10 bits per heavy atom. The Bertz CT molecular complexity index is 921. The van der Waals surface area contributed by atoms with Crippen molar-refractivity contribution in [1.29, 1.82) is 0 Å². The molecule has 9 nitrogen and oxygen atoms in total. The van der Waals surface area contributed by atoms with Crippen LogP contribution in [0.15, 0.2) is 24.3 Å². The summed E-state index contributed by atoms with van der Waals surface area (Å²) in [4.78, 5) is 14.0. The van der Waals surface area contributed by atoms with Crippen LogP contribution in [-0.2, 0) is 19.7 Å². The third-order valence-electron chi connectivity index (χ3n) is 5.82. The van der Waals surface area contributed by atoms with Crippen LogP contribution in [0.2, 0.25) is 0 Å². The molecule has 1 aromatic rings. The minimum absolute atomic E-state index is 0.316. The summed E-state index contributed by atoms with van der Waals surface area (Å²) in [5, 5.41) is 0. The van der Waals surface area contributed by atoms with E-state index in [4.69, 9.17) is 14.2 Å². The number of carbonyl (C=O) groups excluding carboxylic acids is 1. The summed E-state index contributed by atoms with van der Waals surface area (Å²) in [5.74, 6) is 1.54. The fourth-order valence-electron chi connectivity index (χ4n) is 4.13. The fourth-order valence-corrected chi connectivity index (χ4v) is 5.46. The highest BCUT2D eigenvalue weighted by Gasteiger charge is 2.48. The number of likely N-dealkylation sites (tertiary alicyclic amines) is 1. The summed E-state index contributed by atoms with van der Waals surface area (Å²) in [5.41, 5.74) is -0.144. The van der Waals surface area contributed by atoms with E-state index >= 15 is 0 Å². The van der Waals surface area contributed by atoms with Gasteiger partial charge in [0, 0.05) is 26.3 Å². The number of hydrogen-bond donors (Lipinski definition) is 1. The second-order valence-corrected chi connectivity index (χ2v) is 11.2. The van der Waals surface area contributed by atoms with Crippen LogP contribution in [0.5, 0.6) is 5.75 Å². The first kappa shape index (κ1) is 22.2. The molecule has 31 heavy (non-hydrogen) atoms. The summed E-state index contributed by atoms with van der Waals surface area (Å²) in [7, 11) is -2.00. The Kier molecular flexibility index (Phi) is 5.82. The number of nitrogens with one attached hydrogen (secondary N) is 1. The Labute approximate surface area is 183 Å². The molecule has 1 aliphatic carbocycles. The van der Waals surface area contributed by atoms with Gasteiger partial charge in [0.1, 0.15) is 23.6 Å². The molecule has 0 spiro atoms. The summed E-state index contributed by atoms with van der Waals surface area (Å²) < 4.78 is 46.5. The highest BCUT2D eigenvalue weighted by atomic mass is 32.2. The predicted octanol–water partition coefficient (Wildman–Crippen LogP) is 2.31. The molecule has 3 fully saturated rings. The maximum absolute atomic E-state index is 12.7. The van der Waals surface area contributed by atoms with Gasteiger partial charge in [-0.05, 0) is 51.2 Å². The first-order valence-electron chi connectivity index (χ1n) is 10.6. The molecule has 2 aliphatic heterocycles. The van der Waals surface area contributed by atoms with E-state index < -0.39 is 28.0 Å². The molecular weight excluding hydrogens is 422 g/mol. The van der Waals surface area contributed by atoms with Gasteiger partial charge in [0.15, 0.2) is 0 Å². The topological polar surface area (TPSA) is 97.4 Å². The maximum Gasteiger partial charge on any atom is 0.410 e. The predicted molar refractivity (Wildman–Crippen MR) is 115 cm³/mol. The average molecular weight is 454 g/mol. The number of rotatable bonds is 6. The minimum atomic E-state index is -3.58. The summed E-state index contributed by atoms with van der Waals surface area (Å²) in [6.45, 7) is 7.32. The van der Waals surface area contributed by atoms with E-state index in [0.717, 1.165) is 6.42 Å². The minimum Gasteiger partial charge on any atom is -0.486 e. The monoisotopic (exact) mass is 453 g/mol. The van der Waals surface area contributed by atoms with Gasteiger partial charge >= 0.3 is 16.3 Å². The van der Waals surface area contributed by atoms with Crippen molar-refractivity contribution in [3.8, 4) is 5.75 Å². The van der Waals surface area contributed by atoms with Gasteiger partial charge in [-0.25, -0.2) is 4.79 Å². The number of benzene rings is 1. The van der Waals surface area contributed by atoms with Crippen molar-refractivity contribution >= 4 is 22.0 Å². The molecule has 4 atom stereocenters. The van der Waals surface area contributed by atoms with E-state index in [1.165, 1.54) is 4.31 Å². The molecule has 0 aromatic heterocycles. The lowest BCUT2D eigenvalue weighted by molar-refractivity contribution is 0.0241. The summed E-state index contributed by atoms with van der Waals surface area (Å²) >= 11 is 0. The van der Waals surface area contributed by atoms with E-state index in [0.29, 0.717) is 49.5 Å². The molecule has 10 heteroatoms. The van der Waals surface area contributed by atoms with Crippen LogP contribution in [-0.4, -0.2) is 74.8 Å². The van der Waals surface area contributed by atoms with Gasteiger partial charge < -0.3 is 19.1 Å². The largest absolute Gasteiger partial charge is 0.486 e. The zero-order chi connectivity index (χ0) is 22.4. The van der Waals surface area contributed by atoms with Gasteiger partial charge in [0.25, 0.3) is 0 Å². The van der Waals surface area contributed by atoms with E-state index in [1.54, 1.807) is 36.3 Å². The zero-order valence-electron chi connectivity index (χ0n) is 18.4. The molecule has 1 aromatic carbocycles. The fraction of sp³-hybridized carbons (Fsp3) is 0.667. The van der Waals surface area contributed by atoms with Crippen LogP contribution in [0.3, 0.4) is 0 Å².